The van der Waals surface area contributed by atoms with Gasteiger partial charge in [0.15, 0.2) is 0 Å². The van der Waals surface area contributed by atoms with E-state index in [1.165, 1.54) is 5.56 Å². The first kappa shape index (κ1) is 10.8. The Hall–Kier alpha value is -0.740. The molecule has 3 nitrogen and oxygen atoms in total. The van der Waals surface area contributed by atoms with Gasteiger partial charge in [-0.25, -0.2) is 4.98 Å². The maximum absolute atomic E-state index is 5.53. The Labute approximate surface area is 94.4 Å². The molecule has 0 amide bonds. The Kier molecular flexibility index (Phi) is 3.49. The molecule has 4 heteroatoms. The highest BCUT2D eigenvalue weighted by Gasteiger charge is 2.24. The van der Waals surface area contributed by atoms with Gasteiger partial charge in [-0.3, -0.25) is 0 Å². The SMILES string of the molecule is CC1OCCC1SCc1ccc(N)nc1. The zero-order chi connectivity index (χ0) is 10.7. The van der Waals surface area contributed by atoms with E-state index in [1.54, 1.807) is 0 Å². The van der Waals surface area contributed by atoms with E-state index in [9.17, 15) is 0 Å². The summed E-state index contributed by atoms with van der Waals surface area (Å²) in [6.45, 7) is 3.05. The van der Waals surface area contributed by atoms with Crippen LogP contribution >= 0.6 is 11.8 Å². The van der Waals surface area contributed by atoms with Crippen LogP contribution in [0.5, 0.6) is 0 Å². The summed E-state index contributed by atoms with van der Waals surface area (Å²) in [7, 11) is 0. The second-order valence-corrected chi connectivity index (χ2v) is 5.03. The molecule has 15 heavy (non-hydrogen) atoms. The Bertz CT molecular complexity index is 315. The molecule has 0 saturated carbocycles. The van der Waals surface area contributed by atoms with Crippen molar-refractivity contribution in [2.45, 2.75) is 30.5 Å². The number of nitrogen functional groups attached to an aromatic ring is 1. The number of nitrogens with two attached hydrogens (primary N) is 1. The topological polar surface area (TPSA) is 48.1 Å². The second kappa shape index (κ2) is 4.86. The van der Waals surface area contributed by atoms with Crippen LogP contribution in [0.3, 0.4) is 0 Å². The molecular weight excluding hydrogens is 208 g/mol. The van der Waals surface area contributed by atoms with Crippen LogP contribution in [-0.2, 0) is 10.5 Å². The van der Waals surface area contributed by atoms with E-state index in [4.69, 9.17) is 10.5 Å². The summed E-state index contributed by atoms with van der Waals surface area (Å²) in [5, 5.41) is 0.627. The average molecular weight is 224 g/mol. The summed E-state index contributed by atoms with van der Waals surface area (Å²) in [5.74, 6) is 1.58. The van der Waals surface area contributed by atoms with E-state index in [2.05, 4.69) is 11.9 Å². The van der Waals surface area contributed by atoms with Gasteiger partial charge in [0, 0.05) is 23.8 Å². The van der Waals surface area contributed by atoms with E-state index in [-0.39, 0.29) is 0 Å². The van der Waals surface area contributed by atoms with E-state index in [0.717, 1.165) is 18.8 Å². The fourth-order valence-electron chi connectivity index (χ4n) is 1.66. The first-order chi connectivity index (χ1) is 7.25. The number of nitrogens with zero attached hydrogens (tertiary/aromatic N) is 1. The third-order valence-electron chi connectivity index (χ3n) is 2.62. The molecule has 82 valence electrons. The zero-order valence-electron chi connectivity index (χ0n) is 8.85. The van der Waals surface area contributed by atoms with Crippen molar-refractivity contribution in [3.8, 4) is 0 Å². The minimum Gasteiger partial charge on any atom is -0.384 e. The summed E-state index contributed by atoms with van der Waals surface area (Å²) in [6.07, 6.45) is 3.40. The molecule has 0 aliphatic carbocycles. The minimum absolute atomic E-state index is 0.386. The van der Waals surface area contributed by atoms with Gasteiger partial charge >= 0.3 is 0 Å². The molecule has 2 N–H and O–H groups in total. The lowest BCUT2D eigenvalue weighted by molar-refractivity contribution is 0.127. The van der Waals surface area contributed by atoms with Crippen molar-refractivity contribution in [1.29, 1.82) is 0 Å². The van der Waals surface area contributed by atoms with Crippen molar-refractivity contribution < 1.29 is 4.74 Å². The second-order valence-electron chi connectivity index (χ2n) is 3.81. The molecule has 1 aromatic rings. The van der Waals surface area contributed by atoms with Crippen molar-refractivity contribution in [2.75, 3.05) is 12.3 Å². The Morgan fingerprint density at radius 3 is 3.07 bits per heavy atom. The van der Waals surface area contributed by atoms with Crippen LogP contribution in [0, 0.1) is 0 Å². The Balaban J connectivity index is 1.85. The van der Waals surface area contributed by atoms with Crippen LogP contribution in [0.1, 0.15) is 18.9 Å². The molecule has 0 aromatic carbocycles. The van der Waals surface area contributed by atoms with E-state index in [0.29, 0.717) is 17.2 Å². The number of aromatic nitrogens is 1. The number of pyridine rings is 1. The van der Waals surface area contributed by atoms with Gasteiger partial charge in [-0.15, -0.1) is 0 Å². The standard InChI is InChI=1S/C11H16N2OS/c1-8-10(4-5-14-8)15-7-9-2-3-11(12)13-6-9/h2-3,6,8,10H,4-5,7H2,1H3,(H2,12,13). The molecule has 2 atom stereocenters. The first-order valence-electron chi connectivity index (χ1n) is 5.19. The van der Waals surface area contributed by atoms with Crippen LogP contribution in [0.2, 0.25) is 0 Å². The molecule has 1 aliphatic heterocycles. The number of thioether (sulfide) groups is 1. The lowest BCUT2D eigenvalue weighted by atomic mass is 10.3. The minimum atomic E-state index is 0.386. The Morgan fingerprint density at radius 2 is 2.47 bits per heavy atom. The van der Waals surface area contributed by atoms with Crippen molar-refractivity contribution in [1.82, 2.24) is 4.98 Å². The molecule has 1 aliphatic rings. The highest BCUT2D eigenvalue weighted by molar-refractivity contribution is 7.99. The van der Waals surface area contributed by atoms with Gasteiger partial charge in [0.2, 0.25) is 0 Å². The highest BCUT2D eigenvalue weighted by Crippen LogP contribution is 2.28. The predicted molar refractivity (Wildman–Crippen MR) is 63.8 cm³/mol. The van der Waals surface area contributed by atoms with Gasteiger partial charge in [0.1, 0.15) is 5.82 Å². The van der Waals surface area contributed by atoms with Gasteiger partial charge in [0.05, 0.1) is 6.10 Å². The molecule has 0 bridgehead atoms. The largest absolute Gasteiger partial charge is 0.384 e. The fourth-order valence-corrected chi connectivity index (χ4v) is 2.85. The summed E-state index contributed by atoms with van der Waals surface area (Å²) in [4.78, 5) is 4.08. The Morgan fingerprint density at radius 1 is 1.60 bits per heavy atom. The molecule has 2 rings (SSSR count). The summed E-state index contributed by atoms with van der Waals surface area (Å²) >= 11 is 1.95. The van der Waals surface area contributed by atoms with Crippen LogP contribution in [0.15, 0.2) is 18.3 Å². The number of rotatable bonds is 3. The van der Waals surface area contributed by atoms with E-state index >= 15 is 0 Å². The molecule has 2 heterocycles. The summed E-state index contributed by atoms with van der Waals surface area (Å²) in [6, 6.07) is 3.89. The smallest absolute Gasteiger partial charge is 0.123 e. The van der Waals surface area contributed by atoms with Crippen LogP contribution < -0.4 is 5.73 Å². The van der Waals surface area contributed by atoms with Gasteiger partial charge in [-0.05, 0) is 25.0 Å². The van der Waals surface area contributed by atoms with Gasteiger partial charge in [-0.2, -0.15) is 11.8 Å². The molecule has 1 aromatic heterocycles. The van der Waals surface area contributed by atoms with Gasteiger partial charge < -0.3 is 10.5 Å². The van der Waals surface area contributed by atoms with E-state index in [1.807, 2.05) is 30.1 Å². The molecule has 2 unspecified atom stereocenters. The fraction of sp³-hybridized carbons (Fsp3) is 0.545. The predicted octanol–water partition coefficient (Wildman–Crippen LogP) is 2.07. The maximum atomic E-state index is 5.53. The molecular formula is C11H16N2OS. The first-order valence-corrected chi connectivity index (χ1v) is 6.24. The third kappa shape index (κ3) is 2.86. The van der Waals surface area contributed by atoms with Crippen molar-refractivity contribution >= 4 is 17.6 Å². The van der Waals surface area contributed by atoms with Crippen molar-refractivity contribution in [3.05, 3.63) is 23.9 Å². The monoisotopic (exact) mass is 224 g/mol. The summed E-state index contributed by atoms with van der Waals surface area (Å²) < 4.78 is 5.52. The maximum Gasteiger partial charge on any atom is 0.123 e. The molecule has 1 saturated heterocycles. The molecule has 1 fully saturated rings. The average Bonchev–Trinajstić information content (AvgIpc) is 2.63. The lowest BCUT2D eigenvalue weighted by Crippen LogP contribution is -2.13. The van der Waals surface area contributed by atoms with Crippen molar-refractivity contribution in [2.24, 2.45) is 0 Å². The number of hydrogen-bond donors (Lipinski definition) is 1. The van der Waals surface area contributed by atoms with Gasteiger partial charge in [0.25, 0.3) is 0 Å². The van der Waals surface area contributed by atoms with Crippen LogP contribution in [0.4, 0.5) is 5.82 Å². The van der Waals surface area contributed by atoms with Crippen LogP contribution in [-0.4, -0.2) is 22.9 Å². The highest BCUT2D eigenvalue weighted by atomic mass is 32.2. The quantitative estimate of drug-likeness (QED) is 0.854. The summed E-state index contributed by atoms with van der Waals surface area (Å²) in [5.41, 5.74) is 6.76. The number of anilines is 1. The number of ether oxygens (including phenoxy) is 1. The zero-order valence-corrected chi connectivity index (χ0v) is 9.67. The number of hydrogen-bond acceptors (Lipinski definition) is 4. The normalized spacial score (nSPS) is 25.7. The lowest BCUT2D eigenvalue weighted by Gasteiger charge is -2.13. The van der Waals surface area contributed by atoms with Crippen molar-refractivity contribution in [3.63, 3.8) is 0 Å². The third-order valence-corrected chi connectivity index (χ3v) is 4.17. The molecule has 0 radical (unpaired) electrons. The molecule has 0 spiro atoms. The van der Waals surface area contributed by atoms with Crippen LogP contribution in [0.25, 0.3) is 0 Å². The van der Waals surface area contributed by atoms with E-state index < -0.39 is 0 Å². The van der Waals surface area contributed by atoms with Gasteiger partial charge in [-0.1, -0.05) is 6.07 Å².